The third-order valence-electron chi connectivity index (χ3n) is 18.2. The fraction of sp³-hybridized carbons (Fsp3) is 0.425. The Balaban J connectivity index is 0.000000165. The number of ether oxygens (including phenoxy) is 4. The molecule has 5 aromatic carbocycles. The van der Waals surface area contributed by atoms with Crippen molar-refractivity contribution in [1.82, 2.24) is 49.3 Å². The highest BCUT2D eigenvalue weighted by Crippen LogP contribution is 2.47. The second kappa shape index (κ2) is 37.0. The third kappa shape index (κ3) is 22.8. The predicted octanol–water partition coefficient (Wildman–Crippen LogP) is 19.7. The fourth-order valence-corrected chi connectivity index (χ4v) is 12.0. The molecule has 5 heterocycles. The van der Waals surface area contributed by atoms with E-state index in [1.54, 1.807) is 36.8 Å². The molecule has 0 amide bonds. The highest BCUT2D eigenvalue weighted by atomic mass is 16.5. The van der Waals surface area contributed by atoms with Crippen LogP contribution >= 0.6 is 0 Å². The Morgan fingerprint density at radius 1 is 0.394 bits per heavy atom. The zero-order valence-electron chi connectivity index (χ0n) is 65.1. The molecular formula is C87H110N10O7. The van der Waals surface area contributed by atoms with E-state index in [1.807, 2.05) is 178 Å². The van der Waals surface area contributed by atoms with E-state index in [9.17, 15) is 14.4 Å². The lowest BCUT2D eigenvalue weighted by atomic mass is 9.98. The van der Waals surface area contributed by atoms with Crippen LogP contribution < -0.4 is 35.6 Å². The summed E-state index contributed by atoms with van der Waals surface area (Å²) in [6.45, 7) is 41.5. The molecule has 0 bridgehead atoms. The maximum Gasteiger partial charge on any atom is 0.271 e. The van der Waals surface area contributed by atoms with E-state index < -0.39 is 0 Å². The third-order valence-corrected chi connectivity index (χ3v) is 18.2. The Labute approximate surface area is 616 Å². The van der Waals surface area contributed by atoms with Crippen molar-refractivity contribution in [3.63, 3.8) is 0 Å². The predicted molar refractivity (Wildman–Crippen MR) is 420 cm³/mol. The SMILES string of the molecule is CC(C)Oc1ccc(-n2ncc(C(C)C)cc2=O)cc1.CC(C)c1cnn(-c2ccc(C3(C)CC3)cc2)c(=O)c1.CC(C)c1cnn(-c2ccc(OC3CCCCC3)cc2)c(=O)c1.Cc1nc(-c2ccc(OC(C)C)cc2)nc(C)c1C(C)C.Cc1nc(-c2ccc(OC(C)C)cc2)ncc1C(C)C. The van der Waals surface area contributed by atoms with Crippen molar-refractivity contribution in [3.8, 4) is 62.8 Å². The maximum absolute atomic E-state index is 12.2. The summed E-state index contributed by atoms with van der Waals surface area (Å²) in [4.78, 5) is 54.8. The summed E-state index contributed by atoms with van der Waals surface area (Å²) in [5, 5.41) is 12.8. The van der Waals surface area contributed by atoms with Gasteiger partial charge in [-0.05, 0) is 278 Å². The molecule has 17 nitrogen and oxygen atoms in total. The molecular weight excluding hydrogens is 1300 g/mol. The lowest BCUT2D eigenvalue weighted by Gasteiger charge is -2.23. The molecule has 10 aromatic rings. The van der Waals surface area contributed by atoms with E-state index in [2.05, 4.69) is 124 Å². The molecule has 0 radical (unpaired) electrons. The van der Waals surface area contributed by atoms with Gasteiger partial charge in [0.15, 0.2) is 11.6 Å². The number of hydrogen-bond acceptors (Lipinski definition) is 14. The summed E-state index contributed by atoms with van der Waals surface area (Å²) in [5.74, 6) is 6.77. The number of benzene rings is 5. The van der Waals surface area contributed by atoms with Crippen LogP contribution in [0.2, 0.25) is 0 Å². The van der Waals surface area contributed by atoms with Gasteiger partial charge in [0.2, 0.25) is 0 Å². The van der Waals surface area contributed by atoms with Crippen molar-refractivity contribution in [1.29, 1.82) is 0 Å². The Bertz CT molecular complexity index is 4520. The van der Waals surface area contributed by atoms with E-state index in [4.69, 9.17) is 18.9 Å². The van der Waals surface area contributed by atoms with Crippen molar-refractivity contribution in [2.75, 3.05) is 0 Å². The summed E-state index contributed by atoms with van der Waals surface area (Å²) in [7, 11) is 0. The zero-order chi connectivity index (χ0) is 75.5. The number of nitrogens with zero attached hydrogens (tertiary/aromatic N) is 10. The van der Waals surface area contributed by atoms with Gasteiger partial charge >= 0.3 is 0 Å². The highest BCUT2D eigenvalue weighted by Gasteiger charge is 2.38. The van der Waals surface area contributed by atoms with Gasteiger partial charge in [-0.25, -0.2) is 19.9 Å². The van der Waals surface area contributed by atoms with E-state index >= 15 is 0 Å². The minimum Gasteiger partial charge on any atom is -0.491 e. The fourth-order valence-electron chi connectivity index (χ4n) is 12.0. The molecule has 5 aromatic heterocycles. The van der Waals surface area contributed by atoms with E-state index in [-0.39, 0.29) is 35.0 Å². The molecule has 2 fully saturated rings. The van der Waals surface area contributed by atoms with Crippen LogP contribution in [-0.4, -0.2) is 73.7 Å². The van der Waals surface area contributed by atoms with Gasteiger partial charge in [-0.15, -0.1) is 0 Å². The van der Waals surface area contributed by atoms with Crippen LogP contribution in [0.15, 0.2) is 179 Å². The Kier molecular flexibility index (Phi) is 28.4. The molecule has 550 valence electrons. The molecule has 0 spiro atoms. The molecule has 0 unspecified atom stereocenters. The van der Waals surface area contributed by atoms with Crippen molar-refractivity contribution >= 4 is 0 Å². The Hall–Kier alpha value is -9.90. The monoisotopic (exact) mass is 1410 g/mol. The first-order valence-electron chi connectivity index (χ1n) is 37.1. The Morgan fingerprint density at radius 2 is 0.740 bits per heavy atom. The zero-order valence-corrected chi connectivity index (χ0v) is 65.1. The van der Waals surface area contributed by atoms with Crippen LogP contribution in [0.4, 0.5) is 0 Å². The van der Waals surface area contributed by atoms with Gasteiger partial charge in [-0.3, -0.25) is 14.4 Å². The van der Waals surface area contributed by atoms with Gasteiger partial charge in [0.05, 0.1) is 60.1 Å². The molecule has 2 saturated carbocycles. The number of aryl methyl sites for hydroxylation is 3. The molecule has 2 aliphatic carbocycles. The number of rotatable bonds is 19. The molecule has 0 N–H and O–H groups in total. The average molecular weight is 1410 g/mol. The van der Waals surface area contributed by atoms with Crippen LogP contribution in [0, 0.1) is 20.8 Å². The number of hydrogen-bond donors (Lipinski definition) is 0. The van der Waals surface area contributed by atoms with Crippen LogP contribution in [0.5, 0.6) is 23.0 Å². The van der Waals surface area contributed by atoms with Crippen LogP contribution in [0.25, 0.3) is 39.8 Å². The molecule has 12 rings (SSSR count). The van der Waals surface area contributed by atoms with Crippen molar-refractivity contribution in [2.45, 2.75) is 243 Å². The normalized spacial score (nSPS) is 13.2. The highest BCUT2D eigenvalue weighted by molar-refractivity contribution is 5.58. The van der Waals surface area contributed by atoms with E-state index in [1.165, 1.54) is 62.8 Å². The van der Waals surface area contributed by atoms with Crippen molar-refractivity contribution in [3.05, 3.63) is 246 Å². The van der Waals surface area contributed by atoms with Gasteiger partial charge in [0, 0.05) is 52.6 Å². The quantitative estimate of drug-likeness (QED) is 0.0742. The topological polar surface area (TPSA) is 193 Å². The molecule has 2 aliphatic rings. The average Bonchev–Trinajstić information content (AvgIpc) is 1.63. The van der Waals surface area contributed by atoms with Gasteiger partial charge in [-0.2, -0.15) is 29.3 Å². The standard InChI is InChI=1S/C19H24N2O2.C18H24N2O.C17H20N2O.C17H22N2O.C16H20N2O2/c1-14(2)15-12-19(22)21(20-13-15)16-8-10-18(11-9-16)23-17-6-4-3-5-7-17;1-11(2)17-13(5)19-18(20-14(17)6)15-7-9-16(10-8-15)21-12(3)4;1-12(2)13-10-16(20)19(18-11-13)15-6-4-14(5-7-15)17(3)8-9-17;1-11(2)16-10-18-17(19-13(16)5)14-6-8-15(9-7-14)20-12(3)4;1-11(2)13-9-16(19)18(17-10-13)14-5-7-15(8-6-14)20-12(3)4/h8-14,17H,3-7H2,1-2H3;7-12H,1-6H3;4-7,10-12H,8-9H2,1-3H3;6-12H,1-5H3;5-12H,1-4H3. The van der Waals surface area contributed by atoms with Crippen molar-refractivity contribution < 1.29 is 18.9 Å². The Morgan fingerprint density at radius 3 is 1.07 bits per heavy atom. The first-order valence-corrected chi connectivity index (χ1v) is 37.1. The van der Waals surface area contributed by atoms with Gasteiger partial charge in [0.1, 0.15) is 23.0 Å². The van der Waals surface area contributed by atoms with Crippen molar-refractivity contribution in [2.24, 2.45) is 0 Å². The first-order chi connectivity index (χ1) is 49.4. The largest absolute Gasteiger partial charge is 0.491 e. The van der Waals surface area contributed by atoms with Gasteiger partial charge < -0.3 is 18.9 Å². The lowest BCUT2D eigenvalue weighted by Crippen LogP contribution is -2.21. The second-order valence-electron chi connectivity index (χ2n) is 29.8. The first kappa shape index (κ1) is 79.8. The van der Waals surface area contributed by atoms with Gasteiger partial charge in [0.25, 0.3) is 16.7 Å². The maximum atomic E-state index is 12.2. The molecule has 0 atom stereocenters. The van der Waals surface area contributed by atoms with E-state index in [0.717, 1.165) is 109 Å². The summed E-state index contributed by atoms with van der Waals surface area (Å²) in [5.41, 5.74) is 14.3. The van der Waals surface area contributed by atoms with Crippen LogP contribution in [-0.2, 0) is 5.41 Å². The van der Waals surface area contributed by atoms with Crippen LogP contribution in [0.3, 0.4) is 0 Å². The molecule has 0 aliphatic heterocycles. The van der Waals surface area contributed by atoms with E-state index in [0.29, 0.717) is 41.1 Å². The summed E-state index contributed by atoms with van der Waals surface area (Å²) >= 11 is 0. The second-order valence-corrected chi connectivity index (χ2v) is 29.8. The minimum atomic E-state index is -0.117. The summed E-state index contributed by atoms with van der Waals surface area (Å²) in [6, 6.07) is 44.1. The summed E-state index contributed by atoms with van der Waals surface area (Å²) in [6.07, 6.45) is 16.7. The molecule has 104 heavy (non-hydrogen) atoms. The lowest BCUT2D eigenvalue weighted by molar-refractivity contribution is 0.155. The molecule has 17 heteroatoms. The number of aromatic nitrogens is 10. The smallest absolute Gasteiger partial charge is 0.271 e. The van der Waals surface area contributed by atoms with Crippen LogP contribution in [0.1, 0.15) is 243 Å². The molecule has 0 saturated heterocycles. The summed E-state index contributed by atoms with van der Waals surface area (Å²) < 4.78 is 27.2. The van der Waals surface area contributed by atoms with Gasteiger partial charge in [-0.1, -0.05) is 94.7 Å². The minimum absolute atomic E-state index is 0.0680.